The van der Waals surface area contributed by atoms with E-state index in [1.807, 2.05) is 18.4 Å². The van der Waals surface area contributed by atoms with Crippen LogP contribution >= 0.6 is 11.5 Å². The number of fused-ring (bicyclic) bond motifs is 1. The predicted molar refractivity (Wildman–Crippen MR) is 115 cm³/mol. The highest BCUT2D eigenvalue weighted by Crippen LogP contribution is 2.38. The third kappa shape index (κ3) is 3.46. The summed E-state index contributed by atoms with van der Waals surface area (Å²) in [6, 6.07) is 8.15. The van der Waals surface area contributed by atoms with Gasteiger partial charge in [-0.2, -0.15) is 8.76 Å². The molecule has 4 aromatic rings. The van der Waals surface area contributed by atoms with Gasteiger partial charge in [-0.25, -0.2) is 19.3 Å². The van der Waals surface area contributed by atoms with E-state index in [2.05, 4.69) is 14.3 Å². The van der Waals surface area contributed by atoms with Crippen LogP contribution in [0.25, 0.3) is 22.1 Å². The number of aromatic nitrogens is 5. The summed E-state index contributed by atoms with van der Waals surface area (Å²) in [6.07, 6.45) is 1.39. The Bertz CT molecular complexity index is 1320. The van der Waals surface area contributed by atoms with Crippen molar-refractivity contribution >= 4 is 17.4 Å². The Labute approximate surface area is 186 Å². The van der Waals surface area contributed by atoms with Crippen molar-refractivity contribution in [2.75, 3.05) is 6.54 Å². The highest BCUT2D eigenvalue weighted by molar-refractivity contribution is 7.09. The van der Waals surface area contributed by atoms with Crippen LogP contribution in [0.1, 0.15) is 34.8 Å². The van der Waals surface area contributed by atoms with Crippen LogP contribution in [-0.4, -0.2) is 41.2 Å². The van der Waals surface area contributed by atoms with Gasteiger partial charge < -0.3 is 9.47 Å². The van der Waals surface area contributed by atoms with Gasteiger partial charge in [-0.15, -0.1) is 0 Å². The van der Waals surface area contributed by atoms with Crippen LogP contribution in [0.15, 0.2) is 42.6 Å². The van der Waals surface area contributed by atoms with Gasteiger partial charge in [-0.1, -0.05) is 0 Å². The van der Waals surface area contributed by atoms with Gasteiger partial charge in [0.05, 0.1) is 17.4 Å². The number of halogens is 2. The fourth-order valence-corrected chi connectivity index (χ4v) is 4.68. The Morgan fingerprint density at radius 1 is 1.12 bits per heavy atom. The Kier molecular flexibility index (Phi) is 5.01. The van der Waals surface area contributed by atoms with Crippen LogP contribution in [-0.2, 0) is 6.54 Å². The molecule has 0 spiro atoms. The van der Waals surface area contributed by atoms with Crippen molar-refractivity contribution in [3.8, 4) is 22.1 Å². The number of imidazole rings is 1. The maximum Gasteiger partial charge on any atom is 0.254 e. The quantitative estimate of drug-likeness (QED) is 0.434. The Hall–Kier alpha value is -3.53. The maximum absolute atomic E-state index is 13.9. The van der Waals surface area contributed by atoms with E-state index >= 15 is 0 Å². The van der Waals surface area contributed by atoms with Gasteiger partial charge in [-0.05, 0) is 55.7 Å². The average molecular weight is 452 g/mol. The molecule has 1 atom stereocenters. The molecule has 0 unspecified atom stereocenters. The summed E-state index contributed by atoms with van der Waals surface area (Å²) in [5.41, 5.74) is 2.32. The zero-order chi connectivity index (χ0) is 22.4. The van der Waals surface area contributed by atoms with E-state index in [0.29, 0.717) is 46.6 Å². The molecule has 4 heterocycles. The van der Waals surface area contributed by atoms with E-state index < -0.39 is 11.8 Å². The Morgan fingerprint density at radius 2 is 1.91 bits per heavy atom. The van der Waals surface area contributed by atoms with Gasteiger partial charge in [-0.3, -0.25) is 4.79 Å². The number of amides is 1. The lowest BCUT2D eigenvalue weighted by Crippen LogP contribution is -2.41. The minimum Gasteiger partial charge on any atom is -0.329 e. The molecule has 5 rings (SSSR count). The molecule has 162 valence electrons. The van der Waals surface area contributed by atoms with E-state index in [1.165, 1.54) is 48.1 Å². The molecule has 7 nitrogen and oxygen atoms in total. The molecule has 0 bridgehead atoms. The van der Waals surface area contributed by atoms with Crippen molar-refractivity contribution in [3.63, 3.8) is 0 Å². The van der Waals surface area contributed by atoms with Crippen molar-refractivity contribution in [2.45, 2.75) is 26.4 Å². The second-order valence-electron chi connectivity index (χ2n) is 7.52. The van der Waals surface area contributed by atoms with E-state index in [-0.39, 0.29) is 11.9 Å². The van der Waals surface area contributed by atoms with Crippen molar-refractivity contribution in [2.24, 2.45) is 0 Å². The van der Waals surface area contributed by atoms with Gasteiger partial charge in [0.15, 0.2) is 10.8 Å². The number of pyridine rings is 1. The van der Waals surface area contributed by atoms with Crippen LogP contribution in [0.4, 0.5) is 8.78 Å². The summed E-state index contributed by atoms with van der Waals surface area (Å²) in [7, 11) is 0. The smallest absolute Gasteiger partial charge is 0.254 e. The zero-order valence-electron chi connectivity index (χ0n) is 17.3. The lowest BCUT2D eigenvalue weighted by Gasteiger charge is -2.35. The van der Waals surface area contributed by atoms with Gasteiger partial charge in [0.2, 0.25) is 5.95 Å². The van der Waals surface area contributed by atoms with Gasteiger partial charge in [0.25, 0.3) is 5.91 Å². The number of nitrogens with zero attached hydrogens (tertiary/aromatic N) is 6. The molecule has 0 aliphatic carbocycles. The van der Waals surface area contributed by atoms with Gasteiger partial charge in [0.1, 0.15) is 11.6 Å². The molecular weight excluding hydrogens is 434 g/mol. The summed E-state index contributed by atoms with van der Waals surface area (Å²) in [5, 5.41) is 0.662. The van der Waals surface area contributed by atoms with E-state index in [1.54, 1.807) is 11.0 Å². The number of carbonyl (C=O) groups excluding carboxylic acids is 1. The molecule has 32 heavy (non-hydrogen) atoms. The molecule has 10 heteroatoms. The highest BCUT2D eigenvalue weighted by Gasteiger charge is 2.34. The lowest BCUT2D eigenvalue weighted by molar-refractivity contribution is 0.0645. The first-order valence-corrected chi connectivity index (χ1v) is 10.8. The summed E-state index contributed by atoms with van der Waals surface area (Å²) >= 11 is 1.25. The van der Waals surface area contributed by atoms with E-state index in [0.717, 1.165) is 5.69 Å². The van der Waals surface area contributed by atoms with Crippen LogP contribution in [0, 0.1) is 18.7 Å². The summed E-state index contributed by atoms with van der Waals surface area (Å²) in [5.74, 6) is 0.0741. The van der Waals surface area contributed by atoms with Crippen molar-refractivity contribution in [1.29, 1.82) is 0 Å². The van der Waals surface area contributed by atoms with Crippen LogP contribution in [0.3, 0.4) is 0 Å². The zero-order valence-corrected chi connectivity index (χ0v) is 18.1. The van der Waals surface area contributed by atoms with Crippen molar-refractivity contribution < 1.29 is 13.6 Å². The minimum atomic E-state index is -0.611. The number of rotatable bonds is 3. The molecule has 1 aliphatic rings. The number of hydrogen-bond acceptors (Lipinski definition) is 6. The number of carbonyl (C=O) groups is 1. The molecule has 1 aliphatic heterocycles. The monoisotopic (exact) mass is 452 g/mol. The van der Waals surface area contributed by atoms with Gasteiger partial charge in [0, 0.05) is 36.5 Å². The average Bonchev–Trinajstić information content (AvgIpc) is 3.38. The lowest BCUT2D eigenvalue weighted by atomic mass is 10.0. The normalized spacial score (nSPS) is 15.6. The Balaban J connectivity index is 1.62. The van der Waals surface area contributed by atoms with E-state index in [9.17, 15) is 13.6 Å². The van der Waals surface area contributed by atoms with E-state index in [4.69, 9.17) is 4.98 Å². The van der Waals surface area contributed by atoms with Crippen molar-refractivity contribution in [3.05, 3.63) is 71.4 Å². The molecule has 3 aromatic heterocycles. The molecule has 0 saturated carbocycles. The second kappa shape index (κ2) is 7.86. The standard InChI is InChI=1S/C22H18F2N6OS/c1-12-19-18(15-7-8-25-17(24)11-15)27-20(21-26-13(2)28-32-21)30(19)10-9-29(12)22(31)14-3-5-16(23)6-4-14/h3-8,11-12H,9-10H2,1-2H3/t12-/m1/s1. The predicted octanol–water partition coefficient (Wildman–Crippen LogP) is 4.27. The van der Waals surface area contributed by atoms with Crippen LogP contribution < -0.4 is 0 Å². The molecule has 0 radical (unpaired) electrons. The number of hydrogen-bond donors (Lipinski definition) is 0. The minimum absolute atomic E-state index is 0.204. The first-order chi connectivity index (χ1) is 15.4. The summed E-state index contributed by atoms with van der Waals surface area (Å²) in [6.45, 7) is 4.64. The SMILES string of the molecule is Cc1nsc(-c2nc(-c3ccnc(F)c3)c3n2CCN(C(=O)c2ccc(F)cc2)[C@@H]3C)n1. The fraction of sp³-hybridized carbons (Fsp3) is 0.227. The third-order valence-electron chi connectivity index (χ3n) is 5.51. The van der Waals surface area contributed by atoms with Crippen LogP contribution in [0.2, 0.25) is 0 Å². The first-order valence-electron chi connectivity index (χ1n) is 10.0. The summed E-state index contributed by atoms with van der Waals surface area (Å²) < 4.78 is 33.5. The molecule has 0 saturated heterocycles. The molecular formula is C22H18F2N6OS. The topological polar surface area (TPSA) is 76.8 Å². The molecule has 0 N–H and O–H groups in total. The Morgan fingerprint density at radius 3 is 2.59 bits per heavy atom. The van der Waals surface area contributed by atoms with Gasteiger partial charge >= 0.3 is 0 Å². The van der Waals surface area contributed by atoms with Crippen molar-refractivity contribution in [1.82, 2.24) is 28.8 Å². The maximum atomic E-state index is 13.9. The first kappa shape index (κ1) is 20.4. The number of benzene rings is 1. The third-order valence-corrected chi connectivity index (χ3v) is 6.31. The molecule has 0 fully saturated rings. The highest BCUT2D eigenvalue weighted by atomic mass is 32.1. The summed E-state index contributed by atoms with van der Waals surface area (Å²) in [4.78, 5) is 27.8. The molecule has 1 aromatic carbocycles. The second-order valence-corrected chi connectivity index (χ2v) is 8.27. The number of aryl methyl sites for hydroxylation is 1. The van der Waals surface area contributed by atoms with Crippen LogP contribution in [0.5, 0.6) is 0 Å². The largest absolute Gasteiger partial charge is 0.329 e. The molecule has 1 amide bonds. The fourth-order valence-electron chi connectivity index (χ4n) is 4.01.